The molecule has 2 aromatic rings. The van der Waals surface area contributed by atoms with Crippen LogP contribution in [0.15, 0.2) is 48.5 Å². The third-order valence-corrected chi connectivity index (χ3v) is 4.97. The summed E-state index contributed by atoms with van der Waals surface area (Å²) >= 11 is 0. The van der Waals surface area contributed by atoms with Crippen molar-refractivity contribution in [2.45, 2.75) is 52.4 Å². The molecule has 0 saturated carbocycles. The standard InChI is InChI=1S/C24H31N3O4/c1-17-13-26(14-18-8-7-10-20(12-18)30-16-22(25)28)21-11-6-5-9-19(21)15-27(17)23(29)31-24(2,3)4/h5-12,17H,13-16H2,1-4H3,(H2,25,28). The molecule has 1 heterocycles. The maximum absolute atomic E-state index is 12.9. The van der Waals surface area contributed by atoms with Crippen molar-refractivity contribution in [1.29, 1.82) is 0 Å². The van der Waals surface area contributed by atoms with Crippen LogP contribution in [0, 0.1) is 0 Å². The number of ether oxygens (including phenoxy) is 2. The molecule has 0 bridgehead atoms. The van der Waals surface area contributed by atoms with Gasteiger partial charge in [-0.2, -0.15) is 0 Å². The van der Waals surface area contributed by atoms with Crippen molar-refractivity contribution in [3.63, 3.8) is 0 Å². The van der Waals surface area contributed by atoms with E-state index in [-0.39, 0.29) is 18.7 Å². The highest BCUT2D eigenvalue weighted by molar-refractivity contribution is 5.75. The number of carbonyl (C=O) groups excluding carboxylic acids is 2. The largest absolute Gasteiger partial charge is 0.484 e. The van der Waals surface area contributed by atoms with Crippen LogP contribution in [0.5, 0.6) is 5.75 Å². The number of nitrogens with zero attached hydrogens (tertiary/aromatic N) is 2. The van der Waals surface area contributed by atoms with Crippen molar-refractivity contribution < 1.29 is 19.1 Å². The lowest BCUT2D eigenvalue weighted by atomic mass is 10.1. The summed E-state index contributed by atoms with van der Waals surface area (Å²) in [6.07, 6.45) is -0.307. The fourth-order valence-electron chi connectivity index (χ4n) is 3.63. The second kappa shape index (κ2) is 9.29. The van der Waals surface area contributed by atoms with Crippen molar-refractivity contribution in [3.8, 4) is 5.75 Å². The summed E-state index contributed by atoms with van der Waals surface area (Å²) in [4.78, 5) is 27.9. The minimum atomic E-state index is -0.548. The van der Waals surface area contributed by atoms with Gasteiger partial charge in [-0.15, -0.1) is 0 Å². The molecule has 3 rings (SSSR count). The molecule has 1 atom stereocenters. The van der Waals surface area contributed by atoms with E-state index in [9.17, 15) is 9.59 Å². The Morgan fingerprint density at radius 1 is 1.13 bits per heavy atom. The zero-order valence-corrected chi connectivity index (χ0v) is 18.6. The zero-order valence-electron chi connectivity index (χ0n) is 18.6. The van der Waals surface area contributed by atoms with E-state index in [1.165, 1.54) is 0 Å². The topological polar surface area (TPSA) is 85.1 Å². The molecule has 7 nitrogen and oxygen atoms in total. The Morgan fingerprint density at radius 2 is 1.87 bits per heavy atom. The first-order chi connectivity index (χ1) is 14.6. The number of hydrogen-bond acceptors (Lipinski definition) is 5. The Balaban J connectivity index is 1.83. The molecule has 1 unspecified atom stereocenters. The lowest BCUT2D eigenvalue weighted by Crippen LogP contribution is -2.44. The lowest BCUT2D eigenvalue weighted by molar-refractivity contribution is -0.119. The molecule has 0 aliphatic carbocycles. The van der Waals surface area contributed by atoms with Gasteiger partial charge in [0.25, 0.3) is 5.91 Å². The van der Waals surface area contributed by atoms with E-state index in [2.05, 4.69) is 11.0 Å². The SMILES string of the molecule is CC1CN(Cc2cccc(OCC(N)=O)c2)c2ccccc2CN1C(=O)OC(C)(C)C. The molecule has 2 amide bonds. The first-order valence-electron chi connectivity index (χ1n) is 10.4. The van der Waals surface area contributed by atoms with Crippen LogP contribution in [0.3, 0.4) is 0 Å². The Morgan fingerprint density at radius 3 is 2.58 bits per heavy atom. The Bertz CT molecular complexity index is 938. The third-order valence-electron chi connectivity index (χ3n) is 4.97. The highest BCUT2D eigenvalue weighted by Crippen LogP contribution is 2.30. The van der Waals surface area contributed by atoms with Crippen LogP contribution in [0.4, 0.5) is 10.5 Å². The number of para-hydroxylation sites is 1. The van der Waals surface area contributed by atoms with Crippen molar-refractivity contribution >= 4 is 17.7 Å². The van der Waals surface area contributed by atoms with Gasteiger partial charge < -0.3 is 20.1 Å². The van der Waals surface area contributed by atoms with Gasteiger partial charge in [-0.1, -0.05) is 30.3 Å². The summed E-state index contributed by atoms with van der Waals surface area (Å²) in [7, 11) is 0. The molecular formula is C24H31N3O4. The van der Waals surface area contributed by atoms with Gasteiger partial charge in [0, 0.05) is 18.8 Å². The van der Waals surface area contributed by atoms with Gasteiger partial charge in [0.1, 0.15) is 11.4 Å². The summed E-state index contributed by atoms with van der Waals surface area (Å²) in [6, 6.07) is 15.7. The second-order valence-electron chi connectivity index (χ2n) is 8.87. The van der Waals surface area contributed by atoms with Gasteiger partial charge in [-0.3, -0.25) is 9.69 Å². The fraction of sp³-hybridized carbons (Fsp3) is 0.417. The van der Waals surface area contributed by atoms with Crippen LogP contribution < -0.4 is 15.4 Å². The summed E-state index contributed by atoms with van der Waals surface area (Å²) < 4.78 is 11.1. The number of amides is 2. The molecule has 1 aliphatic rings. The third kappa shape index (κ3) is 6.13. The van der Waals surface area contributed by atoms with Crippen molar-refractivity contribution in [2.24, 2.45) is 5.73 Å². The lowest BCUT2D eigenvalue weighted by Gasteiger charge is -2.32. The number of nitrogens with two attached hydrogens (primary N) is 1. The molecule has 0 aromatic heterocycles. The Labute approximate surface area is 183 Å². The summed E-state index contributed by atoms with van der Waals surface area (Å²) in [5, 5.41) is 0. The van der Waals surface area contributed by atoms with Crippen LogP contribution in [0.2, 0.25) is 0 Å². The fourth-order valence-corrected chi connectivity index (χ4v) is 3.63. The van der Waals surface area contributed by atoms with E-state index < -0.39 is 11.5 Å². The van der Waals surface area contributed by atoms with Crippen LogP contribution in [-0.4, -0.2) is 41.7 Å². The molecule has 0 radical (unpaired) electrons. The average molecular weight is 426 g/mol. The zero-order chi connectivity index (χ0) is 22.6. The quantitative estimate of drug-likeness (QED) is 0.790. The first-order valence-corrected chi connectivity index (χ1v) is 10.4. The number of primary amides is 1. The smallest absolute Gasteiger partial charge is 0.410 e. The molecular weight excluding hydrogens is 394 g/mol. The number of fused-ring (bicyclic) bond motifs is 1. The predicted octanol–water partition coefficient (Wildman–Crippen LogP) is 3.70. The van der Waals surface area contributed by atoms with E-state index >= 15 is 0 Å². The molecule has 166 valence electrons. The molecule has 0 fully saturated rings. The van der Waals surface area contributed by atoms with Gasteiger partial charge in [-0.05, 0) is 57.0 Å². The van der Waals surface area contributed by atoms with Crippen molar-refractivity contribution in [2.75, 3.05) is 18.1 Å². The monoisotopic (exact) mass is 425 g/mol. The Hall–Kier alpha value is -3.22. The van der Waals surface area contributed by atoms with E-state index in [4.69, 9.17) is 15.2 Å². The van der Waals surface area contributed by atoms with Crippen LogP contribution in [0.1, 0.15) is 38.8 Å². The van der Waals surface area contributed by atoms with E-state index in [1.54, 1.807) is 11.0 Å². The van der Waals surface area contributed by atoms with Crippen molar-refractivity contribution in [1.82, 2.24) is 4.90 Å². The van der Waals surface area contributed by atoms with E-state index in [0.717, 1.165) is 16.8 Å². The first kappa shape index (κ1) is 22.5. The van der Waals surface area contributed by atoms with Crippen LogP contribution in [-0.2, 0) is 22.6 Å². The number of hydrogen-bond donors (Lipinski definition) is 1. The van der Waals surface area contributed by atoms with Gasteiger partial charge >= 0.3 is 6.09 Å². The number of benzene rings is 2. The average Bonchev–Trinajstić information content (AvgIpc) is 2.82. The molecule has 7 heteroatoms. The van der Waals surface area contributed by atoms with E-state index in [1.807, 2.05) is 64.1 Å². The van der Waals surface area contributed by atoms with Crippen molar-refractivity contribution in [3.05, 3.63) is 59.7 Å². The molecule has 0 spiro atoms. The van der Waals surface area contributed by atoms with Gasteiger partial charge in [-0.25, -0.2) is 4.79 Å². The van der Waals surface area contributed by atoms with Crippen LogP contribution in [0.25, 0.3) is 0 Å². The van der Waals surface area contributed by atoms with Gasteiger partial charge in [0.15, 0.2) is 6.61 Å². The maximum atomic E-state index is 12.9. The molecule has 2 N–H and O–H groups in total. The van der Waals surface area contributed by atoms with E-state index in [0.29, 0.717) is 25.4 Å². The number of carbonyl (C=O) groups is 2. The summed E-state index contributed by atoms with van der Waals surface area (Å²) in [5.74, 6) is 0.0887. The van der Waals surface area contributed by atoms with Crippen LogP contribution >= 0.6 is 0 Å². The minimum Gasteiger partial charge on any atom is -0.484 e. The molecule has 2 aromatic carbocycles. The highest BCUT2D eigenvalue weighted by Gasteiger charge is 2.31. The second-order valence-corrected chi connectivity index (χ2v) is 8.87. The summed E-state index contributed by atoms with van der Waals surface area (Å²) in [5.41, 5.74) is 7.82. The summed E-state index contributed by atoms with van der Waals surface area (Å²) in [6.45, 7) is 9.29. The molecule has 1 aliphatic heterocycles. The highest BCUT2D eigenvalue weighted by atomic mass is 16.6. The number of rotatable bonds is 5. The van der Waals surface area contributed by atoms with Gasteiger partial charge in [0.2, 0.25) is 0 Å². The molecule has 31 heavy (non-hydrogen) atoms. The minimum absolute atomic E-state index is 0.0449. The normalized spacial score (nSPS) is 16.3. The Kier molecular flexibility index (Phi) is 6.73. The maximum Gasteiger partial charge on any atom is 0.410 e. The molecule has 0 saturated heterocycles. The number of anilines is 1. The predicted molar refractivity (Wildman–Crippen MR) is 120 cm³/mol. The van der Waals surface area contributed by atoms with Gasteiger partial charge in [0.05, 0.1) is 12.6 Å².